The largest absolute Gasteiger partial charge is 0.492 e. The van der Waals surface area contributed by atoms with Gasteiger partial charge in [-0.1, -0.05) is 54.6 Å². The van der Waals surface area contributed by atoms with Gasteiger partial charge in [0.25, 0.3) is 0 Å². The molecule has 188 valence electrons. The molecule has 0 saturated carbocycles. The molecule has 1 atom stereocenters. The zero-order valence-electron chi connectivity index (χ0n) is 20.1. The maximum absolute atomic E-state index is 13.7. The Balaban J connectivity index is 0.00000342. The molecular weight excluding hydrogens is 475 g/mol. The van der Waals surface area contributed by atoms with E-state index in [2.05, 4.69) is 17.0 Å². The van der Waals surface area contributed by atoms with Crippen LogP contribution >= 0.6 is 12.4 Å². The van der Waals surface area contributed by atoms with Gasteiger partial charge in [-0.2, -0.15) is 13.2 Å². The summed E-state index contributed by atoms with van der Waals surface area (Å²) in [7, 11) is 2.04. The van der Waals surface area contributed by atoms with Crippen LogP contribution in [0.15, 0.2) is 72.8 Å². The summed E-state index contributed by atoms with van der Waals surface area (Å²) in [5.74, 6) is 0.809. The van der Waals surface area contributed by atoms with E-state index in [1.54, 1.807) is 18.2 Å². The Morgan fingerprint density at radius 2 is 1.66 bits per heavy atom. The maximum Gasteiger partial charge on any atom is 0.416 e. The number of hydrogen-bond donors (Lipinski definition) is 0. The van der Waals surface area contributed by atoms with Crippen LogP contribution in [0.3, 0.4) is 0 Å². The Morgan fingerprint density at radius 3 is 2.37 bits per heavy atom. The van der Waals surface area contributed by atoms with Crippen molar-refractivity contribution in [1.29, 1.82) is 0 Å². The van der Waals surface area contributed by atoms with Crippen LogP contribution in [0.2, 0.25) is 0 Å². The van der Waals surface area contributed by atoms with Gasteiger partial charge >= 0.3 is 6.18 Å². The highest BCUT2D eigenvalue weighted by Gasteiger charge is 2.40. The highest BCUT2D eigenvalue weighted by Crippen LogP contribution is 2.48. The monoisotopic (exact) mass is 505 g/mol. The first-order valence-corrected chi connectivity index (χ1v) is 11.5. The van der Waals surface area contributed by atoms with E-state index in [-0.39, 0.29) is 18.0 Å². The standard InChI is InChI=1S/C28H30F3NO2.ClH/c1-27(2)18-24(22-11-7-8-12-25(22)28(29,30)31)23-14-13-21(17-26(23)34-27)33-16-15-32(3)19-20-9-5-4-6-10-20;/h4-14,17,24H,15-16,18-19H2,1-3H3;1H. The molecule has 3 aromatic rings. The van der Waals surface area contributed by atoms with E-state index in [1.165, 1.54) is 11.6 Å². The van der Waals surface area contributed by atoms with Crippen molar-refractivity contribution in [2.45, 2.75) is 44.5 Å². The number of benzene rings is 3. The summed E-state index contributed by atoms with van der Waals surface area (Å²) in [6, 6.07) is 21.5. The number of likely N-dealkylation sites (N-methyl/N-ethyl adjacent to an activating group) is 1. The zero-order valence-corrected chi connectivity index (χ0v) is 21.0. The molecule has 3 aromatic carbocycles. The van der Waals surface area contributed by atoms with Crippen LogP contribution in [-0.4, -0.2) is 30.7 Å². The lowest BCUT2D eigenvalue weighted by atomic mass is 9.78. The summed E-state index contributed by atoms with van der Waals surface area (Å²) in [5, 5.41) is 0. The van der Waals surface area contributed by atoms with Gasteiger partial charge in [-0.25, -0.2) is 0 Å². The molecule has 1 aliphatic rings. The number of nitrogens with zero attached hydrogens (tertiary/aromatic N) is 1. The molecule has 0 bridgehead atoms. The van der Waals surface area contributed by atoms with E-state index in [9.17, 15) is 13.2 Å². The topological polar surface area (TPSA) is 21.7 Å². The molecule has 0 fully saturated rings. The van der Waals surface area contributed by atoms with Crippen molar-refractivity contribution < 1.29 is 22.6 Å². The van der Waals surface area contributed by atoms with Crippen molar-refractivity contribution in [1.82, 2.24) is 4.90 Å². The van der Waals surface area contributed by atoms with Crippen molar-refractivity contribution in [3.63, 3.8) is 0 Å². The summed E-state index contributed by atoms with van der Waals surface area (Å²) >= 11 is 0. The number of rotatable bonds is 7. The molecule has 1 heterocycles. The van der Waals surface area contributed by atoms with Crippen LogP contribution in [0, 0.1) is 0 Å². The first-order chi connectivity index (χ1) is 16.1. The molecule has 0 N–H and O–H groups in total. The van der Waals surface area contributed by atoms with Gasteiger partial charge < -0.3 is 9.47 Å². The van der Waals surface area contributed by atoms with Crippen LogP contribution < -0.4 is 9.47 Å². The maximum atomic E-state index is 13.7. The predicted octanol–water partition coefficient (Wildman–Crippen LogP) is 7.33. The minimum atomic E-state index is -4.41. The van der Waals surface area contributed by atoms with Gasteiger partial charge in [0.1, 0.15) is 23.7 Å². The minimum Gasteiger partial charge on any atom is -0.492 e. The van der Waals surface area contributed by atoms with Gasteiger partial charge in [-0.05, 0) is 50.6 Å². The molecule has 1 aliphatic heterocycles. The summed E-state index contributed by atoms with van der Waals surface area (Å²) < 4.78 is 53.3. The molecule has 0 spiro atoms. The molecule has 0 aromatic heterocycles. The van der Waals surface area contributed by atoms with Crippen LogP contribution in [0.4, 0.5) is 13.2 Å². The van der Waals surface area contributed by atoms with E-state index >= 15 is 0 Å². The Morgan fingerprint density at radius 1 is 0.971 bits per heavy atom. The van der Waals surface area contributed by atoms with Crippen LogP contribution in [0.5, 0.6) is 11.5 Å². The van der Waals surface area contributed by atoms with Crippen molar-refractivity contribution in [3.8, 4) is 11.5 Å². The normalized spacial score (nSPS) is 16.7. The second-order valence-electron chi connectivity index (χ2n) is 9.47. The summed E-state index contributed by atoms with van der Waals surface area (Å²) in [6.45, 7) is 5.87. The number of fused-ring (bicyclic) bond motifs is 1. The lowest BCUT2D eigenvalue weighted by Gasteiger charge is -2.38. The van der Waals surface area contributed by atoms with Crippen LogP contribution in [0.25, 0.3) is 0 Å². The summed E-state index contributed by atoms with van der Waals surface area (Å²) in [5.41, 5.74) is 1.07. The molecule has 1 unspecified atom stereocenters. The molecule has 7 heteroatoms. The highest BCUT2D eigenvalue weighted by molar-refractivity contribution is 5.85. The molecule has 0 aliphatic carbocycles. The average molecular weight is 506 g/mol. The second kappa shape index (κ2) is 10.9. The smallest absolute Gasteiger partial charge is 0.416 e. The van der Waals surface area contributed by atoms with Gasteiger partial charge in [0.05, 0.1) is 5.56 Å². The number of halogens is 4. The molecular formula is C28H31ClF3NO2. The molecule has 35 heavy (non-hydrogen) atoms. The third-order valence-electron chi connectivity index (χ3n) is 6.12. The average Bonchev–Trinajstić information content (AvgIpc) is 2.78. The van der Waals surface area contributed by atoms with Gasteiger partial charge in [0.2, 0.25) is 0 Å². The van der Waals surface area contributed by atoms with E-state index in [0.29, 0.717) is 24.5 Å². The van der Waals surface area contributed by atoms with Gasteiger partial charge in [-0.15, -0.1) is 12.4 Å². The van der Waals surface area contributed by atoms with Crippen LogP contribution in [-0.2, 0) is 12.7 Å². The quantitative estimate of drug-likeness (QED) is 0.335. The van der Waals surface area contributed by atoms with Crippen molar-refractivity contribution in [2.75, 3.05) is 20.2 Å². The highest BCUT2D eigenvalue weighted by atomic mass is 35.5. The molecule has 0 radical (unpaired) electrons. The third-order valence-corrected chi connectivity index (χ3v) is 6.12. The lowest BCUT2D eigenvalue weighted by molar-refractivity contribution is -0.138. The summed E-state index contributed by atoms with van der Waals surface area (Å²) in [6.07, 6.45) is -3.95. The minimum absolute atomic E-state index is 0. The predicted molar refractivity (Wildman–Crippen MR) is 135 cm³/mol. The van der Waals surface area contributed by atoms with Crippen molar-refractivity contribution in [3.05, 3.63) is 95.1 Å². The third kappa shape index (κ3) is 6.71. The van der Waals surface area contributed by atoms with Gasteiger partial charge in [-0.3, -0.25) is 4.90 Å². The van der Waals surface area contributed by atoms with E-state index in [0.717, 1.165) is 24.7 Å². The van der Waals surface area contributed by atoms with Gasteiger partial charge in [0.15, 0.2) is 0 Å². The molecule has 4 rings (SSSR count). The fourth-order valence-electron chi connectivity index (χ4n) is 4.55. The zero-order chi connectivity index (χ0) is 24.3. The van der Waals surface area contributed by atoms with Crippen molar-refractivity contribution >= 4 is 12.4 Å². The Bertz CT molecular complexity index is 1120. The number of alkyl halides is 3. The Hall–Kier alpha value is -2.70. The first-order valence-electron chi connectivity index (χ1n) is 11.5. The SMILES string of the molecule is CN(CCOc1ccc2c(c1)OC(C)(C)CC2c1ccccc1C(F)(F)F)Cc1ccccc1.Cl. The molecule has 0 amide bonds. The number of ether oxygens (including phenoxy) is 2. The number of hydrogen-bond acceptors (Lipinski definition) is 3. The Kier molecular flexibility index (Phi) is 8.39. The van der Waals surface area contributed by atoms with Crippen molar-refractivity contribution in [2.24, 2.45) is 0 Å². The second-order valence-corrected chi connectivity index (χ2v) is 9.47. The lowest BCUT2D eigenvalue weighted by Crippen LogP contribution is -2.35. The van der Waals surface area contributed by atoms with E-state index in [1.807, 2.05) is 51.2 Å². The fraction of sp³-hybridized carbons (Fsp3) is 0.357. The van der Waals surface area contributed by atoms with Crippen LogP contribution in [0.1, 0.15) is 48.4 Å². The van der Waals surface area contributed by atoms with Gasteiger partial charge in [0, 0.05) is 30.6 Å². The van der Waals surface area contributed by atoms with E-state index < -0.39 is 23.3 Å². The first kappa shape index (κ1) is 26.9. The van der Waals surface area contributed by atoms with E-state index in [4.69, 9.17) is 9.47 Å². The fourth-order valence-corrected chi connectivity index (χ4v) is 4.55. The molecule has 3 nitrogen and oxygen atoms in total. The molecule has 0 saturated heterocycles. The summed E-state index contributed by atoms with van der Waals surface area (Å²) in [4.78, 5) is 2.18. The Labute approximate surface area is 211 Å².